The average molecular weight is 229 g/mol. The zero-order chi connectivity index (χ0) is 12.3. The van der Waals surface area contributed by atoms with Crippen LogP contribution in [0.25, 0.3) is 0 Å². The molecule has 0 saturated carbocycles. The average Bonchev–Trinajstić information content (AvgIpc) is 2.21. The Balaban J connectivity index is 3.07. The second-order valence-electron chi connectivity index (χ2n) is 3.26. The van der Waals surface area contributed by atoms with Gasteiger partial charge in [-0.1, -0.05) is 0 Å². The van der Waals surface area contributed by atoms with Gasteiger partial charge in [0.25, 0.3) is 0 Å². The van der Waals surface area contributed by atoms with Crippen LogP contribution in [0.15, 0.2) is 12.1 Å². The van der Waals surface area contributed by atoms with E-state index in [1.165, 1.54) is 13.2 Å². The molecule has 0 aromatic heterocycles. The zero-order valence-corrected chi connectivity index (χ0v) is 8.61. The van der Waals surface area contributed by atoms with E-state index in [2.05, 4.69) is 0 Å². The summed E-state index contributed by atoms with van der Waals surface area (Å²) in [5.74, 6) is -2.18. The lowest BCUT2D eigenvalue weighted by molar-refractivity contribution is -0.138. The van der Waals surface area contributed by atoms with Gasteiger partial charge in [0.2, 0.25) is 0 Å². The van der Waals surface area contributed by atoms with E-state index in [0.29, 0.717) is 0 Å². The Morgan fingerprint density at radius 2 is 2.25 bits per heavy atom. The van der Waals surface area contributed by atoms with Crippen molar-refractivity contribution < 1.29 is 24.1 Å². The summed E-state index contributed by atoms with van der Waals surface area (Å²) in [5.41, 5.74) is 5.33. The summed E-state index contributed by atoms with van der Waals surface area (Å²) in [6.07, 6.45) is -0.204. The first-order valence-electron chi connectivity index (χ1n) is 4.49. The van der Waals surface area contributed by atoms with Crippen molar-refractivity contribution in [3.05, 3.63) is 23.5 Å². The summed E-state index contributed by atoms with van der Waals surface area (Å²) < 4.78 is 18.3. The molecule has 0 radical (unpaired) electrons. The number of hydrogen-bond acceptors (Lipinski definition) is 4. The Bertz CT molecular complexity index is 408. The molecule has 16 heavy (non-hydrogen) atoms. The van der Waals surface area contributed by atoms with Crippen LogP contribution in [0.3, 0.4) is 0 Å². The molecule has 1 rings (SSSR count). The van der Waals surface area contributed by atoms with Crippen molar-refractivity contribution in [1.82, 2.24) is 0 Å². The maximum atomic E-state index is 13.4. The molecule has 0 spiro atoms. The van der Waals surface area contributed by atoms with E-state index < -0.39 is 17.8 Å². The van der Waals surface area contributed by atoms with Gasteiger partial charge in [0.05, 0.1) is 7.11 Å². The van der Waals surface area contributed by atoms with E-state index in [1.807, 2.05) is 0 Å². The number of aliphatic carboxylic acids is 1. The van der Waals surface area contributed by atoms with Gasteiger partial charge in [0.15, 0.2) is 0 Å². The Hall–Kier alpha value is -1.82. The minimum atomic E-state index is -1.23. The standard InChI is InChI=1S/C10H12FNO4/c1-16-9-3-5(13)2-7(11)6(9)4-8(12)10(14)15/h2-3,8,13H,4,12H2,1H3,(H,14,15). The van der Waals surface area contributed by atoms with Gasteiger partial charge in [-0.05, 0) is 0 Å². The topological polar surface area (TPSA) is 92.8 Å². The van der Waals surface area contributed by atoms with Crippen molar-refractivity contribution in [3.63, 3.8) is 0 Å². The van der Waals surface area contributed by atoms with Crippen LogP contribution in [-0.4, -0.2) is 29.3 Å². The molecule has 0 heterocycles. The third kappa shape index (κ3) is 2.60. The number of phenols is 1. The Morgan fingerprint density at radius 3 is 2.75 bits per heavy atom. The zero-order valence-electron chi connectivity index (χ0n) is 8.61. The molecular weight excluding hydrogens is 217 g/mol. The molecule has 88 valence electrons. The lowest BCUT2D eigenvalue weighted by Crippen LogP contribution is -2.32. The number of ether oxygens (including phenoxy) is 1. The lowest BCUT2D eigenvalue weighted by atomic mass is 10.0. The van der Waals surface area contributed by atoms with E-state index in [0.717, 1.165) is 6.07 Å². The maximum Gasteiger partial charge on any atom is 0.320 e. The molecule has 0 saturated heterocycles. The molecule has 0 aliphatic carbocycles. The van der Waals surface area contributed by atoms with Crippen LogP contribution in [0.5, 0.6) is 11.5 Å². The van der Waals surface area contributed by atoms with Gasteiger partial charge < -0.3 is 20.7 Å². The number of rotatable bonds is 4. The smallest absolute Gasteiger partial charge is 0.320 e. The van der Waals surface area contributed by atoms with E-state index >= 15 is 0 Å². The Kier molecular flexibility index (Phi) is 3.68. The first-order chi connectivity index (χ1) is 7.45. The van der Waals surface area contributed by atoms with Gasteiger partial charge in [-0.3, -0.25) is 4.79 Å². The highest BCUT2D eigenvalue weighted by Crippen LogP contribution is 2.27. The summed E-state index contributed by atoms with van der Waals surface area (Å²) in [5, 5.41) is 17.7. The molecule has 0 aliphatic heterocycles. The molecule has 5 nitrogen and oxygen atoms in total. The molecule has 1 aromatic carbocycles. The second kappa shape index (κ2) is 4.80. The monoisotopic (exact) mass is 229 g/mol. The molecule has 1 unspecified atom stereocenters. The highest BCUT2D eigenvalue weighted by molar-refractivity contribution is 5.73. The predicted molar refractivity (Wildman–Crippen MR) is 53.9 cm³/mol. The van der Waals surface area contributed by atoms with E-state index in [1.54, 1.807) is 0 Å². The number of benzene rings is 1. The van der Waals surface area contributed by atoms with Gasteiger partial charge in [-0.15, -0.1) is 0 Å². The normalized spacial score (nSPS) is 12.2. The highest BCUT2D eigenvalue weighted by Gasteiger charge is 2.19. The first-order valence-corrected chi connectivity index (χ1v) is 4.49. The Morgan fingerprint density at radius 1 is 1.62 bits per heavy atom. The molecule has 0 aliphatic rings. The first kappa shape index (κ1) is 12.3. The van der Waals surface area contributed by atoms with Gasteiger partial charge >= 0.3 is 5.97 Å². The minimum absolute atomic E-state index is 0.0372. The summed E-state index contributed by atoms with van der Waals surface area (Å²) in [6.45, 7) is 0. The molecule has 6 heteroatoms. The van der Waals surface area contributed by atoms with Crippen molar-refractivity contribution in [3.8, 4) is 11.5 Å². The van der Waals surface area contributed by atoms with E-state index in [-0.39, 0.29) is 23.5 Å². The van der Waals surface area contributed by atoms with Crippen LogP contribution in [0, 0.1) is 5.82 Å². The second-order valence-corrected chi connectivity index (χ2v) is 3.26. The van der Waals surface area contributed by atoms with Crippen LogP contribution < -0.4 is 10.5 Å². The number of hydrogen-bond donors (Lipinski definition) is 3. The van der Waals surface area contributed by atoms with Crippen LogP contribution in [-0.2, 0) is 11.2 Å². The minimum Gasteiger partial charge on any atom is -0.508 e. The molecule has 1 aromatic rings. The van der Waals surface area contributed by atoms with Crippen molar-refractivity contribution in [1.29, 1.82) is 0 Å². The van der Waals surface area contributed by atoms with Gasteiger partial charge in [-0.25, -0.2) is 4.39 Å². The fourth-order valence-corrected chi connectivity index (χ4v) is 1.29. The number of aromatic hydroxyl groups is 1. The third-order valence-electron chi connectivity index (χ3n) is 2.10. The lowest BCUT2D eigenvalue weighted by Gasteiger charge is -2.12. The van der Waals surface area contributed by atoms with Crippen LogP contribution >= 0.6 is 0 Å². The number of carboxylic acids is 1. The van der Waals surface area contributed by atoms with Crippen molar-refractivity contribution >= 4 is 5.97 Å². The fraction of sp³-hybridized carbons (Fsp3) is 0.300. The molecular formula is C10H12FNO4. The van der Waals surface area contributed by atoms with Gasteiger partial charge in [0.1, 0.15) is 23.4 Å². The summed E-state index contributed by atoms with van der Waals surface area (Å²) in [6, 6.07) is 0.868. The van der Waals surface area contributed by atoms with E-state index in [4.69, 9.17) is 20.7 Å². The third-order valence-corrected chi connectivity index (χ3v) is 2.10. The molecule has 0 fully saturated rings. The largest absolute Gasteiger partial charge is 0.508 e. The van der Waals surface area contributed by atoms with Crippen molar-refractivity contribution in [2.45, 2.75) is 12.5 Å². The van der Waals surface area contributed by atoms with E-state index in [9.17, 15) is 9.18 Å². The van der Waals surface area contributed by atoms with Gasteiger partial charge in [0, 0.05) is 24.1 Å². The van der Waals surface area contributed by atoms with Crippen molar-refractivity contribution in [2.75, 3.05) is 7.11 Å². The number of methoxy groups -OCH3 is 1. The fourth-order valence-electron chi connectivity index (χ4n) is 1.29. The van der Waals surface area contributed by atoms with Crippen LogP contribution in [0.2, 0.25) is 0 Å². The number of phenolic OH excluding ortho intramolecular Hbond substituents is 1. The molecule has 0 amide bonds. The maximum absolute atomic E-state index is 13.4. The predicted octanol–water partition coefficient (Wildman–Crippen LogP) is 0.494. The SMILES string of the molecule is COc1cc(O)cc(F)c1CC(N)C(=O)O. The van der Waals surface area contributed by atoms with Gasteiger partial charge in [-0.2, -0.15) is 0 Å². The van der Waals surface area contributed by atoms with Crippen molar-refractivity contribution in [2.24, 2.45) is 5.73 Å². The number of carboxylic acid groups (broad SMARTS) is 1. The summed E-state index contributed by atoms with van der Waals surface area (Å²) in [4.78, 5) is 10.5. The Labute approximate surface area is 91.3 Å². The number of halogens is 1. The molecule has 4 N–H and O–H groups in total. The molecule has 0 bridgehead atoms. The summed E-state index contributed by atoms with van der Waals surface area (Å²) >= 11 is 0. The van der Waals surface area contributed by atoms with Crippen LogP contribution in [0.1, 0.15) is 5.56 Å². The highest BCUT2D eigenvalue weighted by atomic mass is 19.1. The number of carbonyl (C=O) groups is 1. The number of nitrogens with two attached hydrogens (primary N) is 1. The van der Waals surface area contributed by atoms with Crippen LogP contribution in [0.4, 0.5) is 4.39 Å². The molecule has 1 atom stereocenters. The summed E-state index contributed by atoms with van der Waals surface area (Å²) in [7, 11) is 1.30. The quantitative estimate of drug-likeness (QED) is 0.698.